The van der Waals surface area contributed by atoms with Crippen molar-refractivity contribution in [1.82, 2.24) is 10.2 Å². The number of benzene rings is 2. The Morgan fingerprint density at radius 2 is 1.75 bits per heavy atom. The maximum atomic E-state index is 13.4. The second-order valence-electron chi connectivity index (χ2n) is 7.67. The highest BCUT2D eigenvalue weighted by Crippen LogP contribution is 2.28. The minimum absolute atomic E-state index is 0.177. The van der Waals surface area contributed by atoms with E-state index >= 15 is 0 Å². The van der Waals surface area contributed by atoms with Crippen LogP contribution in [0.2, 0.25) is 5.02 Å². The third-order valence-corrected chi connectivity index (χ3v) is 6.84. The van der Waals surface area contributed by atoms with E-state index in [1.807, 2.05) is 31.2 Å². The lowest BCUT2D eigenvalue weighted by atomic mass is 10.1. The largest absolute Gasteiger partial charge is 0.355 e. The molecule has 2 amide bonds. The van der Waals surface area contributed by atoms with Crippen molar-refractivity contribution < 1.29 is 18.0 Å². The summed E-state index contributed by atoms with van der Waals surface area (Å²) in [6.45, 7) is 7.20. The van der Waals surface area contributed by atoms with Gasteiger partial charge in [-0.1, -0.05) is 41.9 Å². The zero-order valence-electron chi connectivity index (χ0n) is 19.1. The fraction of sp³-hybridized carbons (Fsp3) is 0.391. The van der Waals surface area contributed by atoms with Crippen LogP contribution in [0.3, 0.4) is 0 Å². The van der Waals surface area contributed by atoms with Crippen LogP contribution in [0.1, 0.15) is 30.5 Å². The Kier molecular flexibility index (Phi) is 8.69. The Hall–Kier alpha value is -2.58. The molecule has 1 N–H and O–H groups in total. The molecule has 0 aliphatic rings. The van der Waals surface area contributed by atoms with Gasteiger partial charge in [-0.3, -0.25) is 13.9 Å². The molecule has 1 atom stereocenters. The number of sulfonamides is 1. The first-order valence-electron chi connectivity index (χ1n) is 10.3. The highest BCUT2D eigenvalue weighted by atomic mass is 35.5. The average molecular weight is 480 g/mol. The number of rotatable bonds is 9. The van der Waals surface area contributed by atoms with Gasteiger partial charge in [-0.15, -0.1) is 0 Å². The van der Waals surface area contributed by atoms with Crippen LogP contribution in [0, 0.1) is 13.8 Å². The molecule has 2 rings (SSSR count). The van der Waals surface area contributed by atoms with Crippen LogP contribution in [0.4, 0.5) is 5.69 Å². The molecule has 0 aliphatic carbocycles. The highest BCUT2D eigenvalue weighted by Gasteiger charge is 2.30. The molecule has 0 heterocycles. The molecule has 9 heteroatoms. The third kappa shape index (κ3) is 6.23. The highest BCUT2D eigenvalue weighted by molar-refractivity contribution is 7.92. The van der Waals surface area contributed by atoms with E-state index in [2.05, 4.69) is 5.32 Å². The topological polar surface area (TPSA) is 86.8 Å². The normalized spacial score (nSPS) is 12.2. The number of nitrogens with one attached hydrogen (secondary N) is 1. The predicted octanol–water partition coefficient (Wildman–Crippen LogP) is 3.28. The van der Waals surface area contributed by atoms with Crippen LogP contribution in [0.5, 0.6) is 0 Å². The van der Waals surface area contributed by atoms with Crippen LogP contribution in [0.15, 0.2) is 42.5 Å². The fourth-order valence-electron chi connectivity index (χ4n) is 3.34. The van der Waals surface area contributed by atoms with Gasteiger partial charge < -0.3 is 10.2 Å². The number of carbonyl (C=O) groups excluding carboxylic acids is 2. The second kappa shape index (κ2) is 10.8. The number of likely N-dealkylation sites (N-methyl/N-ethyl adjacent to an activating group) is 1. The lowest BCUT2D eigenvalue weighted by molar-refractivity contribution is -0.139. The van der Waals surface area contributed by atoms with E-state index in [0.29, 0.717) is 22.8 Å². The van der Waals surface area contributed by atoms with Crippen molar-refractivity contribution in [2.75, 3.05) is 23.7 Å². The molecule has 0 aromatic heterocycles. The molecule has 0 fully saturated rings. The second-order valence-corrected chi connectivity index (χ2v) is 9.99. The SMILES string of the molecule is CCNC(=O)C(C)N(Cc1ccccc1C)C(=O)CN(c1cccc(Cl)c1C)S(C)(=O)=O. The molecule has 0 radical (unpaired) electrons. The molecule has 0 spiro atoms. The minimum atomic E-state index is -3.80. The summed E-state index contributed by atoms with van der Waals surface area (Å²) in [5, 5.41) is 3.13. The Bertz CT molecular complexity index is 1090. The van der Waals surface area contributed by atoms with Crippen LogP contribution in [-0.2, 0) is 26.2 Å². The number of halogens is 1. The minimum Gasteiger partial charge on any atom is -0.355 e. The van der Waals surface area contributed by atoms with E-state index < -0.39 is 28.5 Å². The zero-order valence-corrected chi connectivity index (χ0v) is 20.6. The van der Waals surface area contributed by atoms with Gasteiger partial charge in [0.25, 0.3) is 0 Å². The first-order chi connectivity index (χ1) is 15.0. The molecule has 0 saturated heterocycles. The summed E-state index contributed by atoms with van der Waals surface area (Å²) < 4.78 is 26.2. The molecular formula is C23H30ClN3O4S. The summed E-state index contributed by atoms with van der Waals surface area (Å²) in [4.78, 5) is 27.4. The molecule has 2 aromatic carbocycles. The third-order valence-electron chi connectivity index (χ3n) is 5.31. The fourth-order valence-corrected chi connectivity index (χ4v) is 4.41. The summed E-state index contributed by atoms with van der Waals surface area (Å²) in [7, 11) is -3.80. The summed E-state index contributed by atoms with van der Waals surface area (Å²) >= 11 is 6.19. The lowest BCUT2D eigenvalue weighted by Crippen LogP contribution is -2.51. The Morgan fingerprint density at radius 3 is 2.34 bits per heavy atom. The standard InChI is InChI=1S/C23H30ClN3O4S/c1-6-25-23(29)18(4)26(14-19-11-8-7-10-16(19)2)22(28)15-27(32(5,30)31)21-13-9-12-20(24)17(21)3/h7-13,18H,6,14-15H2,1-5H3,(H,25,29). The Morgan fingerprint density at radius 1 is 1.09 bits per heavy atom. The molecule has 0 saturated carbocycles. The van der Waals surface area contributed by atoms with Crippen molar-refractivity contribution in [2.45, 2.75) is 40.3 Å². The van der Waals surface area contributed by atoms with E-state index in [4.69, 9.17) is 11.6 Å². The van der Waals surface area contributed by atoms with Crippen molar-refractivity contribution in [1.29, 1.82) is 0 Å². The number of nitrogens with zero attached hydrogens (tertiary/aromatic N) is 2. The van der Waals surface area contributed by atoms with Crippen LogP contribution >= 0.6 is 11.6 Å². The summed E-state index contributed by atoms with van der Waals surface area (Å²) in [5.74, 6) is -0.795. The smallest absolute Gasteiger partial charge is 0.244 e. The van der Waals surface area contributed by atoms with Crippen molar-refractivity contribution >= 4 is 39.1 Å². The van der Waals surface area contributed by atoms with Crippen LogP contribution in [0.25, 0.3) is 0 Å². The first kappa shape index (κ1) is 25.7. The van der Waals surface area contributed by atoms with Crippen molar-refractivity contribution in [3.8, 4) is 0 Å². The molecule has 2 aromatic rings. The number of amides is 2. The number of carbonyl (C=O) groups is 2. The summed E-state index contributed by atoms with van der Waals surface area (Å²) in [6, 6.07) is 11.7. The quantitative estimate of drug-likeness (QED) is 0.598. The van der Waals surface area contributed by atoms with Gasteiger partial charge in [0.2, 0.25) is 21.8 Å². The van der Waals surface area contributed by atoms with E-state index in [1.54, 1.807) is 39.0 Å². The Balaban J connectivity index is 2.45. The summed E-state index contributed by atoms with van der Waals surface area (Å²) in [6.07, 6.45) is 1.04. The number of hydrogen-bond donors (Lipinski definition) is 1. The van der Waals surface area contributed by atoms with E-state index in [9.17, 15) is 18.0 Å². The molecule has 0 bridgehead atoms. The number of hydrogen-bond acceptors (Lipinski definition) is 4. The van der Waals surface area contributed by atoms with Gasteiger partial charge in [0.15, 0.2) is 0 Å². The van der Waals surface area contributed by atoms with E-state index in [0.717, 1.165) is 21.7 Å². The maximum Gasteiger partial charge on any atom is 0.244 e. The van der Waals surface area contributed by atoms with Gasteiger partial charge in [0.1, 0.15) is 12.6 Å². The number of anilines is 1. The monoisotopic (exact) mass is 479 g/mol. The van der Waals surface area contributed by atoms with E-state index in [-0.39, 0.29) is 12.5 Å². The Labute approximate surface area is 195 Å². The summed E-state index contributed by atoms with van der Waals surface area (Å²) in [5.41, 5.74) is 2.73. The molecule has 0 aliphatic heterocycles. The molecule has 7 nitrogen and oxygen atoms in total. The number of aryl methyl sites for hydroxylation is 1. The van der Waals surface area contributed by atoms with Crippen molar-refractivity contribution in [3.63, 3.8) is 0 Å². The lowest BCUT2D eigenvalue weighted by Gasteiger charge is -2.32. The maximum absolute atomic E-state index is 13.4. The van der Waals surface area contributed by atoms with Gasteiger partial charge in [0.05, 0.1) is 11.9 Å². The molecule has 174 valence electrons. The van der Waals surface area contributed by atoms with Crippen LogP contribution in [-0.4, -0.2) is 50.5 Å². The van der Waals surface area contributed by atoms with Crippen molar-refractivity contribution in [3.05, 3.63) is 64.2 Å². The van der Waals surface area contributed by atoms with E-state index in [1.165, 1.54) is 4.90 Å². The first-order valence-corrected chi connectivity index (χ1v) is 12.5. The van der Waals surface area contributed by atoms with Crippen LogP contribution < -0.4 is 9.62 Å². The van der Waals surface area contributed by atoms with Crippen molar-refractivity contribution in [2.24, 2.45) is 0 Å². The molecule has 1 unspecified atom stereocenters. The van der Waals surface area contributed by atoms with Gasteiger partial charge in [-0.25, -0.2) is 8.42 Å². The van der Waals surface area contributed by atoms with Gasteiger partial charge in [-0.2, -0.15) is 0 Å². The zero-order chi connectivity index (χ0) is 24.1. The predicted molar refractivity (Wildman–Crippen MR) is 128 cm³/mol. The molecular weight excluding hydrogens is 450 g/mol. The average Bonchev–Trinajstić information content (AvgIpc) is 2.72. The molecule has 32 heavy (non-hydrogen) atoms. The van der Waals surface area contributed by atoms with Gasteiger partial charge in [0, 0.05) is 18.1 Å². The van der Waals surface area contributed by atoms with Gasteiger partial charge >= 0.3 is 0 Å². The van der Waals surface area contributed by atoms with Gasteiger partial charge in [-0.05, 0) is 56.5 Å².